The number of rotatable bonds is 4. The van der Waals surface area contributed by atoms with Gasteiger partial charge in [-0.05, 0) is 35.7 Å². The molecule has 0 saturated heterocycles. The van der Waals surface area contributed by atoms with Crippen LogP contribution in [0.4, 0.5) is 10.5 Å². The van der Waals surface area contributed by atoms with Crippen molar-refractivity contribution in [2.45, 2.75) is 20.5 Å². The smallest absolute Gasteiger partial charge is 0.326 e. The molecule has 0 heterocycles. The van der Waals surface area contributed by atoms with Crippen molar-refractivity contribution < 1.29 is 9.63 Å². The Morgan fingerprint density at radius 1 is 1.08 bits per heavy atom. The number of nitrogens with two attached hydrogens (primary N) is 1. The number of oxime groups is 1. The maximum absolute atomic E-state index is 11.9. The number of carbonyl (C=O) groups excluding carboxylic acids is 1. The van der Waals surface area contributed by atoms with Crippen LogP contribution in [0.3, 0.4) is 0 Å². The Morgan fingerprint density at radius 2 is 1.71 bits per heavy atom. The van der Waals surface area contributed by atoms with E-state index in [9.17, 15) is 4.79 Å². The van der Waals surface area contributed by atoms with E-state index in [-0.39, 0.29) is 25.0 Å². The first kappa shape index (κ1) is 19.3. The molecule has 0 unspecified atom stereocenters. The van der Waals surface area contributed by atoms with Crippen molar-refractivity contribution in [2.24, 2.45) is 10.9 Å². The summed E-state index contributed by atoms with van der Waals surface area (Å²) in [5, 5.41) is 8.84. The summed E-state index contributed by atoms with van der Waals surface area (Å²) in [7, 11) is 0. The van der Waals surface area contributed by atoms with Crippen molar-refractivity contribution in [1.29, 1.82) is 0 Å². The highest BCUT2D eigenvalue weighted by molar-refractivity contribution is 6.02. The number of hydrogen-bond acceptors (Lipinski definition) is 3. The first-order chi connectivity index (χ1) is 11.1. The third-order valence-electron chi connectivity index (χ3n) is 3.20. The monoisotopic (exact) mass is 348 g/mol. The van der Waals surface area contributed by atoms with E-state index >= 15 is 0 Å². The lowest BCUT2D eigenvalue weighted by molar-refractivity contribution is 0.129. The number of hydrogen-bond donors (Lipinski definition) is 3. The molecule has 4 N–H and O–H groups in total. The van der Waals surface area contributed by atoms with Gasteiger partial charge in [0.05, 0.1) is 0 Å². The Kier molecular flexibility index (Phi) is 7.58. The first-order valence-electron chi connectivity index (χ1n) is 7.20. The minimum atomic E-state index is -0.466. The van der Waals surface area contributed by atoms with Gasteiger partial charge in [0, 0.05) is 5.69 Å². The van der Waals surface area contributed by atoms with Crippen LogP contribution < -0.4 is 16.4 Å². The van der Waals surface area contributed by atoms with E-state index in [1.807, 2.05) is 62.4 Å². The number of carbonyl (C=O) groups is 1. The molecule has 0 spiro atoms. The summed E-state index contributed by atoms with van der Waals surface area (Å²) >= 11 is 0. The minimum Gasteiger partial charge on any atom is -0.388 e. The van der Waals surface area contributed by atoms with Gasteiger partial charge in [0.15, 0.2) is 0 Å². The van der Waals surface area contributed by atoms with Crippen LogP contribution >= 0.6 is 12.4 Å². The molecule has 0 aliphatic rings. The van der Waals surface area contributed by atoms with Crippen LogP contribution in [0.25, 0.3) is 0 Å². The molecule has 0 radical (unpaired) electrons. The van der Waals surface area contributed by atoms with E-state index in [4.69, 9.17) is 10.6 Å². The molecule has 0 aliphatic carbocycles. The topological polar surface area (TPSA) is 88.7 Å². The molecule has 0 saturated carbocycles. The number of anilines is 1. The maximum atomic E-state index is 11.9. The van der Waals surface area contributed by atoms with Crippen molar-refractivity contribution in [1.82, 2.24) is 5.32 Å². The second kappa shape index (κ2) is 9.42. The van der Waals surface area contributed by atoms with Gasteiger partial charge in [0.25, 0.3) is 0 Å². The number of guanidine groups is 1. The lowest BCUT2D eigenvalue weighted by Crippen LogP contribution is -2.39. The second-order valence-electron chi connectivity index (χ2n) is 5.08. The van der Waals surface area contributed by atoms with Gasteiger partial charge in [-0.3, -0.25) is 5.32 Å². The molecule has 0 aliphatic heterocycles. The highest BCUT2D eigenvalue weighted by Gasteiger charge is 2.08. The molecule has 2 aromatic carbocycles. The number of benzene rings is 2. The SMILES string of the molecule is Cc1cccc(C)c1NC(=O)NC(N)=NOCc1ccccc1.Cl. The van der Waals surface area contributed by atoms with Gasteiger partial charge in [-0.1, -0.05) is 48.5 Å². The van der Waals surface area contributed by atoms with Gasteiger partial charge in [-0.15, -0.1) is 12.4 Å². The molecule has 7 heteroatoms. The predicted octanol–water partition coefficient (Wildman–Crippen LogP) is 3.29. The molecule has 128 valence electrons. The van der Waals surface area contributed by atoms with Crippen molar-refractivity contribution in [3.63, 3.8) is 0 Å². The van der Waals surface area contributed by atoms with Crippen molar-refractivity contribution >= 4 is 30.1 Å². The number of amides is 2. The molecular weight excluding hydrogens is 328 g/mol. The van der Waals surface area contributed by atoms with Gasteiger partial charge in [0.1, 0.15) is 6.61 Å². The number of para-hydroxylation sites is 1. The molecule has 0 fully saturated rings. The van der Waals surface area contributed by atoms with Crippen LogP contribution in [-0.2, 0) is 11.4 Å². The Labute approximate surface area is 147 Å². The quantitative estimate of drug-likeness (QED) is 0.450. The van der Waals surface area contributed by atoms with Crippen molar-refractivity contribution in [2.75, 3.05) is 5.32 Å². The summed E-state index contributed by atoms with van der Waals surface area (Å²) in [6.45, 7) is 4.12. The average Bonchev–Trinajstić information content (AvgIpc) is 2.52. The van der Waals surface area contributed by atoms with Gasteiger partial charge in [-0.2, -0.15) is 0 Å². The van der Waals surface area contributed by atoms with E-state index < -0.39 is 6.03 Å². The number of nitrogens with one attached hydrogen (secondary N) is 2. The van der Waals surface area contributed by atoms with Crippen LogP contribution in [0, 0.1) is 13.8 Å². The molecule has 0 bridgehead atoms. The first-order valence-corrected chi connectivity index (χ1v) is 7.20. The van der Waals surface area contributed by atoms with Gasteiger partial charge in [0.2, 0.25) is 5.96 Å². The predicted molar refractivity (Wildman–Crippen MR) is 98.2 cm³/mol. The zero-order chi connectivity index (χ0) is 16.7. The number of halogens is 1. The van der Waals surface area contributed by atoms with Gasteiger partial charge >= 0.3 is 6.03 Å². The molecule has 2 rings (SSSR count). The van der Waals surface area contributed by atoms with E-state index in [0.717, 1.165) is 22.4 Å². The largest absolute Gasteiger partial charge is 0.388 e. The van der Waals surface area contributed by atoms with E-state index in [0.29, 0.717) is 0 Å². The number of urea groups is 1. The molecule has 2 aromatic rings. The third kappa shape index (κ3) is 5.81. The van der Waals surface area contributed by atoms with Crippen LogP contribution in [0.1, 0.15) is 16.7 Å². The zero-order valence-electron chi connectivity index (χ0n) is 13.6. The Balaban J connectivity index is 0.00000288. The maximum Gasteiger partial charge on any atom is 0.326 e. The lowest BCUT2D eigenvalue weighted by atomic mass is 10.1. The molecule has 0 aromatic heterocycles. The molecule has 2 amide bonds. The Hall–Kier alpha value is -2.73. The molecule has 6 nitrogen and oxygen atoms in total. The molecule has 0 atom stereocenters. The van der Waals surface area contributed by atoms with Crippen LogP contribution in [0.5, 0.6) is 0 Å². The van der Waals surface area contributed by atoms with E-state index in [2.05, 4.69) is 15.8 Å². The fourth-order valence-corrected chi connectivity index (χ4v) is 2.05. The normalized spacial score (nSPS) is 10.5. The number of aryl methyl sites for hydroxylation is 2. The summed E-state index contributed by atoms with van der Waals surface area (Å²) in [6, 6.07) is 14.9. The Bertz CT molecular complexity index is 685. The third-order valence-corrected chi connectivity index (χ3v) is 3.20. The number of nitrogens with zero attached hydrogens (tertiary/aromatic N) is 1. The second-order valence-corrected chi connectivity index (χ2v) is 5.08. The van der Waals surface area contributed by atoms with Crippen LogP contribution in [0.2, 0.25) is 0 Å². The minimum absolute atomic E-state index is 0. The van der Waals surface area contributed by atoms with Gasteiger partial charge in [-0.25, -0.2) is 4.79 Å². The van der Waals surface area contributed by atoms with Crippen LogP contribution in [0.15, 0.2) is 53.7 Å². The van der Waals surface area contributed by atoms with Crippen LogP contribution in [-0.4, -0.2) is 12.0 Å². The van der Waals surface area contributed by atoms with E-state index in [1.54, 1.807) is 0 Å². The molecular formula is C17H21ClN4O2. The van der Waals surface area contributed by atoms with Gasteiger partial charge < -0.3 is 15.9 Å². The standard InChI is InChI=1S/C17H20N4O2.ClH/c1-12-7-6-8-13(2)15(12)19-17(22)20-16(18)21-23-11-14-9-4-3-5-10-14;/h3-10H,11H2,1-2H3,(H4,18,19,20,21,22);1H. The average molecular weight is 349 g/mol. The van der Waals surface area contributed by atoms with Crippen molar-refractivity contribution in [3.8, 4) is 0 Å². The van der Waals surface area contributed by atoms with Crippen molar-refractivity contribution in [3.05, 3.63) is 65.2 Å². The summed E-state index contributed by atoms with van der Waals surface area (Å²) in [5.74, 6) is -0.107. The Morgan fingerprint density at radius 3 is 2.33 bits per heavy atom. The molecule has 24 heavy (non-hydrogen) atoms. The summed E-state index contributed by atoms with van der Waals surface area (Å²) in [4.78, 5) is 17.0. The fraction of sp³-hybridized carbons (Fsp3) is 0.176. The summed E-state index contributed by atoms with van der Waals surface area (Å²) < 4.78 is 0. The highest BCUT2D eigenvalue weighted by Crippen LogP contribution is 2.18. The summed E-state index contributed by atoms with van der Waals surface area (Å²) in [5.41, 5.74) is 9.27. The fourth-order valence-electron chi connectivity index (χ4n) is 2.05. The lowest BCUT2D eigenvalue weighted by Gasteiger charge is -2.11. The van der Waals surface area contributed by atoms with E-state index in [1.165, 1.54) is 0 Å². The zero-order valence-corrected chi connectivity index (χ0v) is 14.4. The highest BCUT2D eigenvalue weighted by atomic mass is 35.5. The summed E-state index contributed by atoms with van der Waals surface area (Å²) in [6.07, 6.45) is 0.